The maximum Gasteiger partial charge on any atom is 0.191 e. The Balaban J connectivity index is 1.73. The van der Waals surface area contributed by atoms with Crippen LogP contribution in [-0.4, -0.2) is 50.6 Å². The van der Waals surface area contributed by atoms with Crippen LogP contribution in [0.2, 0.25) is 0 Å². The van der Waals surface area contributed by atoms with Crippen molar-refractivity contribution in [2.45, 2.75) is 44.7 Å². The molecule has 4 nitrogen and oxygen atoms in total. The maximum absolute atomic E-state index is 4.37. The normalized spacial score (nSPS) is 17.9. The average molecular weight is 316 g/mol. The van der Waals surface area contributed by atoms with Crippen LogP contribution in [0.4, 0.5) is 0 Å². The molecular formula is C19H32N4. The Morgan fingerprint density at radius 2 is 1.96 bits per heavy atom. The van der Waals surface area contributed by atoms with Crippen LogP contribution in [0.3, 0.4) is 0 Å². The molecular weight excluding hydrogens is 284 g/mol. The molecule has 0 aliphatic heterocycles. The van der Waals surface area contributed by atoms with Gasteiger partial charge < -0.3 is 15.5 Å². The predicted octanol–water partition coefficient (Wildman–Crippen LogP) is 2.51. The van der Waals surface area contributed by atoms with Crippen molar-refractivity contribution >= 4 is 5.96 Å². The molecule has 1 aliphatic rings. The van der Waals surface area contributed by atoms with Crippen molar-refractivity contribution in [1.29, 1.82) is 0 Å². The molecule has 1 saturated carbocycles. The van der Waals surface area contributed by atoms with Crippen LogP contribution in [0, 0.1) is 5.92 Å². The topological polar surface area (TPSA) is 39.7 Å². The van der Waals surface area contributed by atoms with Crippen LogP contribution in [0.1, 0.15) is 31.7 Å². The minimum Gasteiger partial charge on any atom is -0.355 e. The average Bonchev–Trinajstić information content (AvgIpc) is 3.37. The number of aliphatic imine (C=N–C) groups is 1. The Bertz CT molecular complexity index is 477. The molecule has 23 heavy (non-hydrogen) atoms. The number of likely N-dealkylation sites (N-methyl/N-ethyl adjacent to an activating group) is 1. The van der Waals surface area contributed by atoms with Crippen LogP contribution in [0.5, 0.6) is 0 Å². The van der Waals surface area contributed by atoms with Gasteiger partial charge in [-0.05, 0) is 58.2 Å². The molecule has 1 aromatic carbocycles. The van der Waals surface area contributed by atoms with E-state index in [0.717, 1.165) is 31.3 Å². The minimum absolute atomic E-state index is 0.403. The number of nitrogens with one attached hydrogen (secondary N) is 2. The highest BCUT2D eigenvalue weighted by atomic mass is 15.2. The Labute approximate surface area is 141 Å². The first-order valence-corrected chi connectivity index (χ1v) is 8.77. The van der Waals surface area contributed by atoms with Gasteiger partial charge in [-0.1, -0.05) is 30.3 Å². The van der Waals surface area contributed by atoms with Gasteiger partial charge in [-0.2, -0.15) is 0 Å². The SMILES string of the molecule is CN=C(NCC(C1CC1)N(C)C)NC(C)CCc1ccccc1. The molecule has 128 valence electrons. The summed E-state index contributed by atoms with van der Waals surface area (Å²) >= 11 is 0. The first-order valence-electron chi connectivity index (χ1n) is 8.77. The van der Waals surface area contributed by atoms with Gasteiger partial charge in [0.05, 0.1) is 0 Å². The summed E-state index contributed by atoms with van der Waals surface area (Å²) in [7, 11) is 6.19. The molecule has 0 bridgehead atoms. The van der Waals surface area contributed by atoms with Gasteiger partial charge in [0.1, 0.15) is 0 Å². The monoisotopic (exact) mass is 316 g/mol. The summed E-state index contributed by atoms with van der Waals surface area (Å²) in [6.07, 6.45) is 4.92. The number of hydrogen-bond donors (Lipinski definition) is 2. The van der Waals surface area contributed by atoms with E-state index in [1.165, 1.54) is 18.4 Å². The van der Waals surface area contributed by atoms with Gasteiger partial charge in [0.2, 0.25) is 0 Å². The highest BCUT2D eigenvalue weighted by Crippen LogP contribution is 2.34. The van der Waals surface area contributed by atoms with E-state index in [9.17, 15) is 0 Å². The van der Waals surface area contributed by atoms with E-state index in [4.69, 9.17) is 0 Å². The molecule has 1 aromatic rings. The van der Waals surface area contributed by atoms with Crippen LogP contribution in [0.25, 0.3) is 0 Å². The highest BCUT2D eigenvalue weighted by molar-refractivity contribution is 5.79. The van der Waals surface area contributed by atoms with Crippen LogP contribution in [-0.2, 0) is 6.42 Å². The third kappa shape index (κ3) is 6.22. The van der Waals surface area contributed by atoms with Crippen molar-refractivity contribution in [3.8, 4) is 0 Å². The second-order valence-corrected chi connectivity index (χ2v) is 6.89. The zero-order valence-electron chi connectivity index (χ0n) is 15.0. The van der Waals surface area contributed by atoms with E-state index in [1.54, 1.807) is 0 Å². The second kappa shape index (κ2) is 8.92. The third-order valence-electron chi connectivity index (χ3n) is 4.62. The molecule has 0 aromatic heterocycles. The van der Waals surface area contributed by atoms with Crippen LogP contribution >= 0.6 is 0 Å². The van der Waals surface area contributed by atoms with Crippen molar-refractivity contribution in [1.82, 2.24) is 15.5 Å². The maximum atomic E-state index is 4.37. The van der Waals surface area contributed by atoms with E-state index in [-0.39, 0.29) is 0 Å². The van der Waals surface area contributed by atoms with Crippen LogP contribution < -0.4 is 10.6 Å². The zero-order valence-corrected chi connectivity index (χ0v) is 15.0. The lowest BCUT2D eigenvalue weighted by Crippen LogP contribution is -2.48. The van der Waals surface area contributed by atoms with Crippen molar-refractivity contribution in [3.63, 3.8) is 0 Å². The molecule has 4 heteroatoms. The molecule has 0 heterocycles. The van der Waals surface area contributed by atoms with Crippen molar-refractivity contribution < 1.29 is 0 Å². The zero-order chi connectivity index (χ0) is 16.7. The largest absolute Gasteiger partial charge is 0.355 e. The summed E-state index contributed by atoms with van der Waals surface area (Å²) in [4.78, 5) is 6.70. The number of hydrogen-bond acceptors (Lipinski definition) is 2. The molecule has 1 aliphatic carbocycles. The highest BCUT2D eigenvalue weighted by Gasteiger charge is 2.32. The molecule has 2 rings (SSSR count). The molecule has 0 saturated heterocycles. The lowest BCUT2D eigenvalue weighted by atomic mass is 10.1. The number of rotatable bonds is 8. The molecule has 0 spiro atoms. The van der Waals surface area contributed by atoms with Gasteiger partial charge >= 0.3 is 0 Å². The lowest BCUT2D eigenvalue weighted by Gasteiger charge is -2.26. The summed E-state index contributed by atoms with van der Waals surface area (Å²) in [6.45, 7) is 3.18. The van der Waals surface area contributed by atoms with E-state index >= 15 is 0 Å². The van der Waals surface area contributed by atoms with Crippen molar-refractivity contribution in [3.05, 3.63) is 35.9 Å². The summed E-state index contributed by atoms with van der Waals surface area (Å²) in [5, 5.41) is 7.01. The van der Waals surface area contributed by atoms with E-state index < -0.39 is 0 Å². The third-order valence-corrected chi connectivity index (χ3v) is 4.62. The Morgan fingerprint density at radius 3 is 2.52 bits per heavy atom. The standard InChI is InChI=1S/C19H32N4/c1-15(10-11-16-8-6-5-7-9-16)22-19(20-2)21-14-18(23(3)4)17-12-13-17/h5-9,15,17-18H,10-14H2,1-4H3,(H2,20,21,22). The number of guanidine groups is 1. The van der Waals surface area contributed by atoms with Gasteiger partial charge in [0.15, 0.2) is 5.96 Å². The molecule has 0 amide bonds. The van der Waals surface area contributed by atoms with Gasteiger partial charge in [0.25, 0.3) is 0 Å². The minimum atomic E-state index is 0.403. The quantitative estimate of drug-likeness (QED) is 0.572. The molecule has 0 radical (unpaired) electrons. The fourth-order valence-corrected chi connectivity index (χ4v) is 2.98. The molecule has 2 unspecified atom stereocenters. The second-order valence-electron chi connectivity index (χ2n) is 6.89. The van der Waals surface area contributed by atoms with Gasteiger partial charge in [0, 0.05) is 25.7 Å². The first-order chi connectivity index (χ1) is 11.1. The number of benzene rings is 1. The van der Waals surface area contributed by atoms with E-state index in [2.05, 4.69) is 71.9 Å². The Hall–Kier alpha value is -1.55. The summed E-state index contributed by atoms with van der Waals surface area (Å²) in [5.41, 5.74) is 1.39. The summed E-state index contributed by atoms with van der Waals surface area (Å²) in [5.74, 6) is 1.77. The van der Waals surface area contributed by atoms with E-state index in [0.29, 0.717) is 12.1 Å². The summed E-state index contributed by atoms with van der Waals surface area (Å²) in [6, 6.07) is 11.7. The first kappa shape index (κ1) is 17.8. The molecule has 2 N–H and O–H groups in total. The Morgan fingerprint density at radius 1 is 1.26 bits per heavy atom. The fraction of sp³-hybridized carbons (Fsp3) is 0.632. The molecule has 2 atom stereocenters. The molecule has 1 fully saturated rings. The van der Waals surface area contributed by atoms with Gasteiger partial charge in [-0.25, -0.2) is 0 Å². The van der Waals surface area contributed by atoms with Gasteiger partial charge in [-0.15, -0.1) is 0 Å². The van der Waals surface area contributed by atoms with Gasteiger partial charge in [-0.3, -0.25) is 4.99 Å². The van der Waals surface area contributed by atoms with Crippen molar-refractivity contribution in [2.24, 2.45) is 10.9 Å². The van der Waals surface area contributed by atoms with Crippen molar-refractivity contribution in [2.75, 3.05) is 27.7 Å². The van der Waals surface area contributed by atoms with Crippen LogP contribution in [0.15, 0.2) is 35.3 Å². The smallest absolute Gasteiger partial charge is 0.191 e. The van der Waals surface area contributed by atoms with E-state index in [1.807, 2.05) is 7.05 Å². The fourth-order valence-electron chi connectivity index (χ4n) is 2.98. The Kier molecular flexibility index (Phi) is 6.90. The number of aryl methyl sites for hydroxylation is 1. The number of nitrogens with zero attached hydrogens (tertiary/aromatic N) is 2. The predicted molar refractivity (Wildman–Crippen MR) is 98.9 cm³/mol. The lowest BCUT2D eigenvalue weighted by molar-refractivity contribution is 0.263. The summed E-state index contributed by atoms with van der Waals surface area (Å²) < 4.78 is 0.